The molecule has 0 saturated carbocycles. The van der Waals surface area contributed by atoms with Crippen molar-refractivity contribution in [3.63, 3.8) is 0 Å². The fourth-order valence-electron chi connectivity index (χ4n) is 2.74. The molecule has 0 atom stereocenters. The minimum atomic E-state index is -0.875. The summed E-state index contributed by atoms with van der Waals surface area (Å²) in [6.07, 6.45) is 5.04. The van der Waals surface area contributed by atoms with E-state index in [1.165, 1.54) is 7.11 Å². The Hall–Kier alpha value is -2.14. The number of oxazole rings is 1. The molecule has 0 amide bonds. The third kappa shape index (κ3) is 5.70. The molecule has 5 heteroatoms. The van der Waals surface area contributed by atoms with Gasteiger partial charge in [0.1, 0.15) is 5.76 Å². The van der Waals surface area contributed by atoms with E-state index in [0.717, 1.165) is 49.1 Å². The molecular formula is C21H29NO4. The van der Waals surface area contributed by atoms with Gasteiger partial charge in [-0.25, -0.2) is 9.78 Å². The van der Waals surface area contributed by atoms with Gasteiger partial charge in [0.2, 0.25) is 5.89 Å². The highest BCUT2D eigenvalue weighted by molar-refractivity contribution is 5.78. The van der Waals surface area contributed by atoms with Crippen LogP contribution in [0.1, 0.15) is 51.0 Å². The van der Waals surface area contributed by atoms with Gasteiger partial charge in [-0.1, -0.05) is 31.0 Å². The van der Waals surface area contributed by atoms with Gasteiger partial charge >= 0.3 is 5.97 Å². The third-order valence-corrected chi connectivity index (χ3v) is 4.36. The van der Waals surface area contributed by atoms with Crippen LogP contribution in [-0.4, -0.2) is 30.3 Å². The first-order valence-electron chi connectivity index (χ1n) is 9.18. The molecule has 26 heavy (non-hydrogen) atoms. The standard InChI is InChI=1S/C21H29NO4/c1-16-18(22-19(26-16)17-12-8-7-9-13-17)14-10-5-6-11-15-25-21(2,3)20(23)24-4/h7-9,12-13H,5-6,10-11,14-15H2,1-4H3. The molecule has 0 unspecified atom stereocenters. The summed E-state index contributed by atoms with van der Waals surface area (Å²) >= 11 is 0. The summed E-state index contributed by atoms with van der Waals surface area (Å²) in [6, 6.07) is 9.96. The zero-order chi connectivity index (χ0) is 19.0. The number of hydrogen-bond donors (Lipinski definition) is 0. The molecule has 0 aliphatic heterocycles. The van der Waals surface area contributed by atoms with Crippen LogP contribution in [0.25, 0.3) is 11.5 Å². The fourth-order valence-corrected chi connectivity index (χ4v) is 2.74. The van der Waals surface area contributed by atoms with Crippen molar-refractivity contribution in [2.24, 2.45) is 0 Å². The van der Waals surface area contributed by atoms with Gasteiger partial charge in [-0.2, -0.15) is 0 Å². The van der Waals surface area contributed by atoms with Crippen LogP contribution >= 0.6 is 0 Å². The zero-order valence-corrected chi connectivity index (χ0v) is 16.2. The van der Waals surface area contributed by atoms with E-state index in [-0.39, 0.29) is 5.97 Å². The SMILES string of the molecule is COC(=O)C(C)(C)OCCCCCCc1nc(-c2ccccc2)oc1C. The molecule has 2 aromatic rings. The van der Waals surface area contributed by atoms with Gasteiger partial charge < -0.3 is 13.9 Å². The van der Waals surface area contributed by atoms with E-state index < -0.39 is 5.60 Å². The molecular weight excluding hydrogens is 330 g/mol. The number of unbranched alkanes of at least 4 members (excludes halogenated alkanes) is 3. The summed E-state index contributed by atoms with van der Waals surface area (Å²) in [7, 11) is 1.38. The van der Waals surface area contributed by atoms with E-state index in [4.69, 9.17) is 13.9 Å². The Balaban J connectivity index is 1.68. The van der Waals surface area contributed by atoms with Crippen molar-refractivity contribution < 1.29 is 18.7 Å². The molecule has 0 aliphatic carbocycles. The van der Waals surface area contributed by atoms with Gasteiger partial charge in [-0.3, -0.25) is 0 Å². The number of ether oxygens (including phenoxy) is 2. The number of carbonyl (C=O) groups is 1. The number of aromatic nitrogens is 1. The zero-order valence-electron chi connectivity index (χ0n) is 16.2. The lowest BCUT2D eigenvalue weighted by Crippen LogP contribution is -2.36. The Morgan fingerprint density at radius 3 is 2.50 bits per heavy atom. The van der Waals surface area contributed by atoms with Crippen LogP contribution < -0.4 is 0 Å². The molecule has 1 heterocycles. The average Bonchev–Trinajstić information content (AvgIpc) is 3.01. The molecule has 5 nitrogen and oxygen atoms in total. The molecule has 0 N–H and O–H groups in total. The lowest BCUT2D eigenvalue weighted by Gasteiger charge is -2.22. The summed E-state index contributed by atoms with van der Waals surface area (Å²) < 4.78 is 16.1. The van der Waals surface area contributed by atoms with Crippen LogP contribution in [0.3, 0.4) is 0 Å². The van der Waals surface area contributed by atoms with E-state index in [1.807, 2.05) is 37.3 Å². The topological polar surface area (TPSA) is 61.6 Å². The van der Waals surface area contributed by atoms with Gasteiger partial charge in [0.25, 0.3) is 0 Å². The van der Waals surface area contributed by atoms with Crippen LogP contribution in [-0.2, 0) is 20.7 Å². The van der Waals surface area contributed by atoms with E-state index >= 15 is 0 Å². The minimum absolute atomic E-state index is 0.340. The normalized spacial score (nSPS) is 11.5. The maximum Gasteiger partial charge on any atom is 0.337 e. The van der Waals surface area contributed by atoms with Crippen LogP contribution in [0.2, 0.25) is 0 Å². The predicted molar refractivity (Wildman–Crippen MR) is 101 cm³/mol. The van der Waals surface area contributed by atoms with Crippen molar-refractivity contribution in [3.8, 4) is 11.5 Å². The summed E-state index contributed by atoms with van der Waals surface area (Å²) in [6.45, 7) is 5.99. The molecule has 1 aromatic heterocycles. The highest BCUT2D eigenvalue weighted by Crippen LogP contribution is 2.22. The first-order valence-corrected chi connectivity index (χ1v) is 9.18. The second-order valence-electron chi connectivity index (χ2n) is 6.90. The highest BCUT2D eigenvalue weighted by atomic mass is 16.6. The van der Waals surface area contributed by atoms with Crippen LogP contribution in [0.15, 0.2) is 34.7 Å². The van der Waals surface area contributed by atoms with Gasteiger partial charge in [0.05, 0.1) is 12.8 Å². The first kappa shape index (κ1) is 20.2. The van der Waals surface area contributed by atoms with Crippen LogP contribution in [0, 0.1) is 6.92 Å². The van der Waals surface area contributed by atoms with Gasteiger partial charge in [0, 0.05) is 12.2 Å². The Morgan fingerprint density at radius 2 is 1.81 bits per heavy atom. The number of nitrogens with zero attached hydrogens (tertiary/aromatic N) is 1. The summed E-state index contributed by atoms with van der Waals surface area (Å²) in [4.78, 5) is 16.2. The molecule has 142 valence electrons. The molecule has 0 fully saturated rings. The van der Waals surface area contributed by atoms with Gasteiger partial charge in [0.15, 0.2) is 5.60 Å². The number of carbonyl (C=O) groups excluding carboxylic acids is 1. The molecule has 2 rings (SSSR count). The van der Waals surface area contributed by atoms with Crippen molar-refractivity contribution in [3.05, 3.63) is 41.8 Å². The Labute approximate surface area is 155 Å². The summed E-state index contributed by atoms with van der Waals surface area (Å²) in [5.41, 5.74) is 1.17. The number of methoxy groups -OCH3 is 1. The first-order chi connectivity index (χ1) is 12.4. The predicted octanol–water partition coefficient (Wildman–Crippen LogP) is 4.72. The van der Waals surface area contributed by atoms with Gasteiger partial charge in [-0.05, 0) is 52.2 Å². The van der Waals surface area contributed by atoms with Gasteiger partial charge in [-0.15, -0.1) is 0 Å². The quantitative estimate of drug-likeness (QED) is 0.454. The maximum absolute atomic E-state index is 11.5. The highest BCUT2D eigenvalue weighted by Gasteiger charge is 2.29. The number of esters is 1. The lowest BCUT2D eigenvalue weighted by atomic mass is 10.1. The fraction of sp³-hybridized carbons (Fsp3) is 0.524. The average molecular weight is 359 g/mol. The molecule has 0 aliphatic rings. The minimum Gasteiger partial charge on any atom is -0.467 e. The van der Waals surface area contributed by atoms with Crippen molar-refractivity contribution in [2.45, 2.75) is 58.5 Å². The monoisotopic (exact) mass is 359 g/mol. The largest absolute Gasteiger partial charge is 0.467 e. The Bertz CT molecular complexity index is 691. The lowest BCUT2D eigenvalue weighted by molar-refractivity contribution is -0.165. The van der Waals surface area contributed by atoms with E-state index in [0.29, 0.717) is 12.5 Å². The van der Waals surface area contributed by atoms with Crippen molar-refractivity contribution in [1.29, 1.82) is 0 Å². The Kier molecular flexibility index (Phi) is 7.39. The second kappa shape index (κ2) is 9.53. The van der Waals surface area contributed by atoms with E-state index in [9.17, 15) is 4.79 Å². The van der Waals surface area contributed by atoms with Crippen LogP contribution in [0.4, 0.5) is 0 Å². The molecule has 0 bridgehead atoms. The number of benzene rings is 1. The van der Waals surface area contributed by atoms with E-state index in [1.54, 1.807) is 13.8 Å². The van der Waals surface area contributed by atoms with E-state index in [2.05, 4.69) is 4.98 Å². The van der Waals surface area contributed by atoms with Crippen LogP contribution in [0.5, 0.6) is 0 Å². The molecule has 0 spiro atoms. The maximum atomic E-state index is 11.5. The van der Waals surface area contributed by atoms with Crippen molar-refractivity contribution in [1.82, 2.24) is 4.98 Å². The number of aryl methyl sites for hydroxylation is 2. The number of hydrogen-bond acceptors (Lipinski definition) is 5. The molecule has 0 radical (unpaired) electrons. The molecule has 1 aromatic carbocycles. The smallest absolute Gasteiger partial charge is 0.337 e. The van der Waals surface area contributed by atoms with Crippen molar-refractivity contribution >= 4 is 5.97 Å². The summed E-state index contributed by atoms with van der Waals surface area (Å²) in [5, 5.41) is 0. The second-order valence-corrected chi connectivity index (χ2v) is 6.90. The van der Waals surface area contributed by atoms with Crippen molar-refractivity contribution in [2.75, 3.05) is 13.7 Å². The molecule has 0 saturated heterocycles. The Morgan fingerprint density at radius 1 is 1.12 bits per heavy atom. The third-order valence-electron chi connectivity index (χ3n) is 4.36. The summed E-state index contributed by atoms with van der Waals surface area (Å²) in [5.74, 6) is 1.25. The number of rotatable bonds is 10.